The minimum Gasteiger partial charge on any atom is -0.497 e. The zero-order chi connectivity index (χ0) is 25.0. The van der Waals surface area contributed by atoms with Crippen molar-refractivity contribution in [1.82, 2.24) is 10.2 Å². The molecule has 1 aliphatic carbocycles. The molecule has 1 heterocycles. The number of rotatable bonds is 8. The molecule has 0 unspecified atom stereocenters. The summed E-state index contributed by atoms with van der Waals surface area (Å²) in [7, 11) is 3.27. The van der Waals surface area contributed by atoms with E-state index in [1.807, 2.05) is 55.1 Å². The van der Waals surface area contributed by atoms with Crippen LogP contribution in [0.15, 0.2) is 48.5 Å². The highest BCUT2D eigenvalue weighted by atomic mass is 16.5. The van der Waals surface area contributed by atoms with Crippen LogP contribution in [0.2, 0.25) is 0 Å². The monoisotopic (exact) mass is 480 g/mol. The Balaban J connectivity index is 1.59. The number of amides is 2. The summed E-state index contributed by atoms with van der Waals surface area (Å²) in [5, 5.41) is 3.26. The van der Waals surface area contributed by atoms with Gasteiger partial charge in [-0.1, -0.05) is 38.1 Å². The maximum absolute atomic E-state index is 13.2. The van der Waals surface area contributed by atoms with E-state index in [0.29, 0.717) is 31.9 Å². The summed E-state index contributed by atoms with van der Waals surface area (Å²) in [4.78, 5) is 27.9. The molecular formula is C28H36N2O5. The van der Waals surface area contributed by atoms with Crippen molar-refractivity contribution in [3.63, 3.8) is 0 Å². The van der Waals surface area contributed by atoms with Crippen molar-refractivity contribution in [1.29, 1.82) is 0 Å². The standard InChI is InChI=1S/C28H36N2O5/c1-19(2)26(31)29-24-22-7-5-6-8-23(22)28(25(24)35-18-17-33-3)13-15-30(16-14-28)27(32)20-9-11-21(34-4)12-10-20/h5-12,19,24-25H,13-18H2,1-4H3,(H,29,31)/t24-,25+/m0/s1. The molecule has 1 aliphatic heterocycles. The summed E-state index contributed by atoms with van der Waals surface area (Å²) in [6, 6.07) is 15.3. The van der Waals surface area contributed by atoms with E-state index in [0.717, 1.165) is 24.2 Å². The number of hydrogen-bond donors (Lipinski definition) is 1. The third-order valence-corrected chi connectivity index (χ3v) is 7.37. The maximum atomic E-state index is 13.2. The summed E-state index contributed by atoms with van der Waals surface area (Å²) in [6.45, 7) is 5.96. The normalized spacial score (nSPS) is 20.7. The summed E-state index contributed by atoms with van der Waals surface area (Å²) >= 11 is 0. The van der Waals surface area contributed by atoms with Crippen molar-refractivity contribution >= 4 is 11.8 Å². The van der Waals surface area contributed by atoms with Crippen LogP contribution in [-0.2, 0) is 19.7 Å². The van der Waals surface area contributed by atoms with E-state index >= 15 is 0 Å². The molecule has 1 N–H and O–H groups in total. The van der Waals surface area contributed by atoms with Crippen LogP contribution < -0.4 is 10.1 Å². The number of piperidine rings is 1. The predicted octanol–water partition coefficient (Wildman–Crippen LogP) is 3.73. The van der Waals surface area contributed by atoms with Gasteiger partial charge in [-0.3, -0.25) is 9.59 Å². The molecule has 2 amide bonds. The molecule has 0 saturated carbocycles. The summed E-state index contributed by atoms with van der Waals surface area (Å²) in [6.07, 6.45) is 1.30. The molecule has 2 aliphatic rings. The van der Waals surface area contributed by atoms with Crippen LogP contribution >= 0.6 is 0 Å². The Bertz CT molecular complexity index is 1030. The molecule has 35 heavy (non-hydrogen) atoms. The largest absolute Gasteiger partial charge is 0.497 e. The first-order valence-corrected chi connectivity index (χ1v) is 12.3. The van der Waals surface area contributed by atoms with E-state index in [4.69, 9.17) is 14.2 Å². The quantitative estimate of drug-likeness (QED) is 0.583. The molecule has 0 aromatic heterocycles. The van der Waals surface area contributed by atoms with Crippen molar-refractivity contribution in [2.45, 2.75) is 44.2 Å². The lowest BCUT2D eigenvalue weighted by molar-refractivity contribution is -0.127. The van der Waals surface area contributed by atoms with Gasteiger partial charge >= 0.3 is 0 Å². The number of benzene rings is 2. The number of likely N-dealkylation sites (tertiary alicyclic amines) is 1. The molecule has 1 spiro atoms. The number of ether oxygens (including phenoxy) is 3. The van der Waals surface area contributed by atoms with Gasteiger partial charge < -0.3 is 24.4 Å². The van der Waals surface area contributed by atoms with E-state index in [9.17, 15) is 9.59 Å². The Morgan fingerprint density at radius 1 is 1.03 bits per heavy atom. The number of hydrogen-bond acceptors (Lipinski definition) is 5. The van der Waals surface area contributed by atoms with Crippen molar-refractivity contribution in [3.05, 3.63) is 65.2 Å². The van der Waals surface area contributed by atoms with Crippen molar-refractivity contribution < 1.29 is 23.8 Å². The van der Waals surface area contributed by atoms with Gasteiger partial charge in [-0.15, -0.1) is 0 Å². The second-order valence-corrected chi connectivity index (χ2v) is 9.69. The fourth-order valence-electron chi connectivity index (χ4n) is 5.42. The molecule has 2 aromatic carbocycles. The number of nitrogens with zero attached hydrogens (tertiary/aromatic N) is 1. The average Bonchev–Trinajstić information content (AvgIpc) is 3.13. The smallest absolute Gasteiger partial charge is 0.253 e. The molecule has 7 heteroatoms. The summed E-state index contributed by atoms with van der Waals surface area (Å²) in [5.74, 6) is 0.638. The predicted molar refractivity (Wildman–Crippen MR) is 134 cm³/mol. The van der Waals surface area contributed by atoms with Gasteiger partial charge in [-0.2, -0.15) is 0 Å². The first-order valence-electron chi connectivity index (χ1n) is 12.3. The molecule has 7 nitrogen and oxygen atoms in total. The van der Waals surface area contributed by atoms with Gasteiger partial charge in [-0.25, -0.2) is 0 Å². The topological polar surface area (TPSA) is 77.1 Å². The molecular weight excluding hydrogens is 444 g/mol. The number of carbonyl (C=O) groups is 2. The van der Waals surface area contributed by atoms with Crippen LogP contribution in [0.25, 0.3) is 0 Å². The van der Waals surface area contributed by atoms with E-state index in [2.05, 4.69) is 17.4 Å². The van der Waals surface area contributed by atoms with Gasteiger partial charge in [-0.05, 0) is 48.2 Å². The summed E-state index contributed by atoms with van der Waals surface area (Å²) in [5.41, 5.74) is 2.70. The van der Waals surface area contributed by atoms with Crippen LogP contribution in [0.1, 0.15) is 54.2 Å². The fourth-order valence-corrected chi connectivity index (χ4v) is 5.42. The first kappa shape index (κ1) is 25.2. The lowest BCUT2D eigenvalue weighted by Crippen LogP contribution is -2.52. The Labute approximate surface area is 207 Å². The number of nitrogens with one attached hydrogen (secondary N) is 1. The summed E-state index contributed by atoms with van der Waals surface area (Å²) < 4.78 is 16.9. The molecule has 1 fully saturated rings. The third-order valence-electron chi connectivity index (χ3n) is 7.37. The highest BCUT2D eigenvalue weighted by molar-refractivity contribution is 5.94. The fraction of sp³-hybridized carbons (Fsp3) is 0.500. The van der Waals surface area contributed by atoms with Crippen molar-refractivity contribution in [3.8, 4) is 5.75 Å². The van der Waals surface area contributed by atoms with Crippen LogP contribution in [0.4, 0.5) is 0 Å². The van der Waals surface area contributed by atoms with Crippen molar-refractivity contribution in [2.24, 2.45) is 5.92 Å². The second-order valence-electron chi connectivity index (χ2n) is 9.69. The number of carbonyl (C=O) groups excluding carboxylic acids is 2. The van der Waals surface area contributed by atoms with Gasteiger partial charge in [0.1, 0.15) is 5.75 Å². The Morgan fingerprint density at radius 3 is 2.34 bits per heavy atom. The Kier molecular flexibility index (Phi) is 7.77. The third kappa shape index (κ3) is 4.93. The molecule has 4 rings (SSSR count). The lowest BCUT2D eigenvalue weighted by atomic mass is 9.71. The van der Waals surface area contributed by atoms with Crippen LogP contribution in [0, 0.1) is 5.92 Å². The SMILES string of the molecule is COCCO[C@@H]1[C@@H](NC(=O)C(C)C)c2ccccc2C12CCN(C(=O)c1ccc(OC)cc1)CC2. The molecule has 2 atom stereocenters. The second kappa shape index (κ2) is 10.8. The van der Waals surface area contributed by atoms with Crippen LogP contribution in [0.3, 0.4) is 0 Å². The highest BCUT2D eigenvalue weighted by Gasteiger charge is 2.54. The van der Waals surface area contributed by atoms with Crippen LogP contribution in [0.5, 0.6) is 5.75 Å². The first-order chi connectivity index (χ1) is 16.9. The number of fused-ring (bicyclic) bond motifs is 2. The van der Waals surface area contributed by atoms with Crippen molar-refractivity contribution in [2.75, 3.05) is 40.5 Å². The van der Waals surface area contributed by atoms with Gasteiger partial charge in [0.15, 0.2) is 0 Å². The lowest BCUT2D eigenvalue weighted by Gasteiger charge is -2.44. The minimum absolute atomic E-state index is 0.00862. The minimum atomic E-state index is -0.282. The maximum Gasteiger partial charge on any atom is 0.253 e. The van der Waals surface area contributed by atoms with Gasteiger partial charge in [0.2, 0.25) is 5.91 Å². The average molecular weight is 481 g/mol. The van der Waals surface area contributed by atoms with Gasteiger partial charge in [0, 0.05) is 37.1 Å². The van der Waals surface area contributed by atoms with E-state index < -0.39 is 0 Å². The zero-order valence-corrected chi connectivity index (χ0v) is 21.1. The molecule has 0 radical (unpaired) electrons. The molecule has 0 bridgehead atoms. The molecule has 188 valence electrons. The zero-order valence-electron chi connectivity index (χ0n) is 21.1. The Morgan fingerprint density at radius 2 is 1.71 bits per heavy atom. The van der Waals surface area contributed by atoms with Gasteiger partial charge in [0.05, 0.1) is 32.5 Å². The van der Waals surface area contributed by atoms with Gasteiger partial charge in [0.25, 0.3) is 5.91 Å². The van der Waals surface area contributed by atoms with E-state index in [-0.39, 0.29) is 35.3 Å². The highest BCUT2D eigenvalue weighted by Crippen LogP contribution is 2.52. The Hall–Kier alpha value is -2.90. The van der Waals surface area contributed by atoms with E-state index in [1.165, 1.54) is 5.56 Å². The van der Waals surface area contributed by atoms with E-state index in [1.54, 1.807) is 14.2 Å². The molecule has 1 saturated heterocycles. The van der Waals surface area contributed by atoms with Crippen LogP contribution in [-0.4, -0.2) is 63.3 Å². The molecule has 2 aromatic rings. The number of methoxy groups -OCH3 is 2.